The summed E-state index contributed by atoms with van der Waals surface area (Å²) in [5, 5.41) is 12.8. The number of hydrogen-bond donors (Lipinski definition) is 1. The Hall–Kier alpha value is -2.38. The minimum Gasteiger partial charge on any atom is -0.345 e. The first-order valence-corrected chi connectivity index (χ1v) is 10.6. The third-order valence-corrected chi connectivity index (χ3v) is 5.53. The first-order valence-electron chi connectivity index (χ1n) is 9.26. The van der Waals surface area contributed by atoms with Crippen LogP contribution in [0.3, 0.4) is 0 Å². The molecule has 0 atom stereocenters. The first kappa shape index (κ1) is 21.3. The van der Waals surface area contributed by atoms with Crippen molar-refractivity contribution in [3.8, 4) is 0 Å². The molecule has 1 amide bonds. The van der Waals surface area contributed by atoms with Crippen LogP contribution in [0.25, 0.3) is 0 Å². The highest BCUT2D eigenvalue weighted by Crippen LogP contribution is 2.26. The van der Waals surface area contributed by atoms with Gasteiger partial charge < -0.3 is 9.88 Å². The van der Waals surface area contributed by atoms with E-state index in [1.165, 1.54) is 18.2 Å². The molecule has 29 heavy (non-hydrogen) atoms. The van der Waals surface area contributed by atoms with Crippen LogP contribution in [0.15, 0.2) is 53.7 Å². The average molecular weight is 433 g/mol. The molecule has 0 unspecified atom stereocenters. The molecular formula is C21H22ClFN4OS. The summed E-state index contributed by atoms with van der Waals surface area (Å²) in [6, 6.07) is 13.3. The molecule has 0 saturated heterocycles. The molecule has 0 spiro atoms. The van der Waals surface area contributed by atoms with Crippen LogP contribution in [0.2, 0.25) is 5.02 Å². The highest BCUT2D eigenvalue weighted by atomic mass is 35.5. The van der Waals surface area contributed by atoms with E-state index in [1.54, 1.807) is 17.8 Å². The summed E-state index contributed by atoms with van der Waals surface area (Å²) >= 11 is 7.80. The largest absolute Gasteiger partial charge is 0.345 e. The molecule has 1 N–H and O–H groups in total. The quantitative estimate of drug-likeness (QED) is 0.511. The monoisotopic (exact) mass is 432 g/mol. The first-order chi connectivity index (χ1) is 13.9. The number of thioether (sulfide) groups is 1. The van der Waals surface area contributed by atoms with Crippen molar-refractivity contribution in [1.82, 2.24) is 20.1 Å². The minimum atomic E-state index is -0.445. The SMILES string of the molecule is CC(C)Cn1c(CNC(=O)c2cccc(F)c2)nnc1SCc1ccccc1Cl. The zero-order valence-electron chi connectivity index (χ0n) is 16.2. The number of nitrogens with zero attached hydrogens (tertiary/aromatic N) is 3. The smallest absolute Gasteiger partial charge is 0.251 e. The molecule has 1 heterocycles. The normalized spacial score (nSPS) is 11.1. The highest BCUT2D eigenvalue weighted by molar-refractivity contribution is 7.98. The standard InChI is InChI=1S/C21H22ClFN4OS/c1-14(2)12-27-19(11-24-20(28)15-7-5-8-17(23)10-15)25-26-21(27)29-13-16-6-3-4-9-18(16)22/h3-10,14H,11-13H2,1-2H3,(H,24,28). The van der Waals surface area contributed by atoms with Gasteiger partial charge in [-0.25, -0.2) is 4.39 Å². The molecule has 8 heteroatoms. The fraction of sp³-hybridized carbons (Fsp3) is 0.286. The maximum Gasteiger partial charge on any atom is 0.251 e. The molecular weight excluding hydrogens is 411 g/mol. The lowest BCUT2D eigenvalue weighted by Gasteiger charge is -2.13. The third kappa shape index (κ3) is 5.81. The number of rotatable bonds is 8. The fourth-order valence-electron chi connectivity index (χ4n) is 2.75. The molecule has 0 saturated carbocycles. The second kappa shape index (κ2) is 9.89. The predicted octanol–water partition coefficient (Wildman–Crippen LogP) is 4.95. The van der Waals surface area contributed by atoms with Crippen molar-refractivity contribution in [3.05, 3.63) is 76.3 Å². The van der Waals surface area contributed by atoms with Crippen molar-refractivity contribution in [3.63, 3.8) is 0 Å². The summed E-state index contributed by atoms with van der Waals surface area (Å²) < 4.78 is 15.3. The lowest BCUT2D eigenvalue weighted by atomic mass is 10.2. The van der Waals surface area contributed by atoms with Crippen molar-refractivity contribution in [2.24, 2.45) is 5.92 Å². The molecule has 0 bridgehead atoms. The van der Waals surface area contributed by atoms with Crippen LogP contribution in [0.5, 0.6) is 0 Å². The van der Waals surface area contributed by atoms with E-state index in [1.807, 2.05) is 28.8 Å². The van der Waals surface area contributed by atoms with E-state index < -0.39 is 5.82 Å². The number of nitrogens with one attached hydrogen (secondary N) is 1. The molecule has 3 aromatic rings. The van der Waals surface area contributed by atoms with Gasteiger partial charge in [-0.15, -0.1) is 10.2 Å². The maximum atomic E-state index is 13.3. The van der Waals surface area contributed by atoms with Gasteiger partial charge in [0.25, 0.3) is 5.91 Å². The Labute approximate surface area is 178 Å². The van der Waals surface area contributed by atoms with Crippen molar-refractivity contribution in [1.29, 1.82) is 0 Å². The van der Waals surface area contributed by atoms with Gasteiger partial charge in [0, 0.05) is 22.9 Å². The zero-order valence-corrected chi connectivity index (χ0v) is 17.8. The lowest BCUT2D eigenvalue weighted by molar-refractivity contribution is 0.0949. The summed E-state index contributed by atoms with van der Waals surface area (Å²) in [7, 11) is 0. The molecule has 2 aromatic carbocycles. The summed E-state index contributed by atoms with van der Waals surface area (Å²) in [5.74, 6) is 0.909. The van der Waals surface area contributed by atoms with E-state index in [2.05, 4.69) is 29.4 Å². The van der Waals surface area contributed by atoms with Gasteiger partial charge >= 0.3 is 0 Å². The second-order valence-corrected chi connectivity index (χ2v) is 8.33. The van der Waals surface area contributed by atoms with E-state index >= 15 is 0 Å². The van der Waals surface area contributed by atoms with Crippen LogP contribution < -0.4 is 5.32 Å². The van der Waals surface area contributed by atoms with Crippen LogP contribution in [0.4, 0.5) is 4.39 Å². The molecule has 0 fully saturated rings. The Bertz CT molecular complexity index is 992. The Kier molecular flexibility index (Phi) is 7.28. The zero-order chi connectivity index (χ0) is 20.8. The van der Waals surface area contributed by atoms with Crippen LogP contribution in [-0.2, 0) is 18.8 Å². The number of benzene rings is 2. The molecule has 0 aliphatic carbocycles. The van der Waals surface area contributed by atoms with Crippen LogP contribution >= 0.6 is 23.4 Å². The number of amides is 1. The fourth-order valence-corrected chi connectivity index (χ4v) is 4.01. The second-order valence-electron chi connectivity index (χ2n) is 6.98. The number of aromatic nitrogens is 3. The average Bonchev–Trinajstić information content (AvgIpc) is 3.06. The predicted molar refractivity (Wildman–Crippen MR) is 113 cm³/mol. The van der Waals surface area contributed by atoms with Crippen molar-refractivity contribution < 1.29 is 9.18 Å². The van der Waals surface area contributed by atoms with Gasteiger partial charge in [0.2, 0.25) is 0 Å². The Balaban J connectivity index is 1.71. The number of carbonyl (C=O) groups is 1. The Morgan fingerprint density at radius 3 is 2.72 bits per heavy atom. The van der Waals surface area contributed by atoms with E-state index in [0.717, 1.165) is 22.3 Å². The summed E-state index contributed by atoms with van der Waals surface area (Å²) in [6.45, 7) is 5.15. The Morgan fingerprint density at radius 1 is 1.21 bits per heavy atom. The number of carbonyl (C=O) groups excluding carboxylic acids is 1. The van der Waals surface area contributed by atoms with E-state index in [-0.39, 0.29) is 18.0 Å². The van der Waals surface area contributed by atoms with Crippen molar-refractivity contribution in [2.75, 3.05) is 0 Å². The molecule has 152 valence electrons. The van der Waals surface area contributed by atoms with Crippen LogP contribution in [0.1, 0.15) is 35.6 Å². The number of hydrogen-bond acceptors (Lipinski definition) is 4. The van der Waals surface area contributed by atoms with Crippen molar-refractivity contribution in [2.45, 2.75) is 37.8 Å². The van der Waals surface area contributed by atoms with Crippen LogP contribution in [0, 0.1) is 11.7 Å². The highest BCUT2D eigenvalue weighted by Gasteiger charge is 2.16. The lowest BCUT2D eigenvalue weighted by Crippen LogP contribution is -2.25. The molecule has 0 aliphatic rings. The van der Waals surface area contributed by atoms with Gasteiger partial charge in [-0.3, -0.25) is 4.79 Å². The summed E-state index contributed by atoms with van der Waals surface area (Å²) in [4.78, 5) is 12.3. The van der Waals surface area contributed by atoms with Gasteiger partial charge in [0.05, 0.1) is 6.54 Å². The maximum absolute atomic E-state index is 13.3. The van der Waals surface area contributed by atoms with E-state index in [4.69, 9.17) is 11.6 Å². The summed E-state index contributed by atoms with van der Waals surface area (Å²) in [6.07, 6.45) is 0. The van der Waals surface area contributed by atoms with E-state index in [9.17, 15) is 9.18 Å². The van der Waals surface area contributed by atoms with E-state index in [0.29, 0.717) is 17.5 Å². The molecule has 1 aromatic heterocycles. The van der Waals surface area contributed by atoms with Gasteiger partial charge in [0.1, 0.15) is 5.82 Å². The van der Waals surface area contributed by atoms with Gasteiger partial charge in [-0.1, -0.05) is 61.5 Å². The molecule has 5 nitrogen and oxygen atoms in total. The van der Waals surface area contributed by atoms with Gasteiger partial charge in [0.15, 0.2) is 11.0 Å². The van der Waals surface area contributed by atoms with Crippen molar-refractivity contribution >= 4 is 29.3 Å². The van der Waals surface area contributed by atoms with Crippen LogP contribution in [-0.4, -0.2) is 20.7 Å². The van der Waals surface area contributed by atoms with Gasteiger partial charge in [-0.05, 0) is 35.7 Å². The topological polar surface area (TPSA) is 59.8 Å². The number of halogens is 2. The minimum absolute atomic E-state index is 0.210. The molecule has 0 radical (unpaired) electrons. The molecule has 0 aliphatic heterocycles. The van der Waals surface area contributed by atoms with Gasteiger partial charge in [-0.2, -0.15) is 0 Å². The molecule has 3 rings (SSSR count). The third-order valence-electron chi connectivity index (χ3n) is 4.15. The Morgan fingerprint density at radius 2 is 2.00 bits per heavy atom. The summed E-state index contributed by atoms with van der Waals surface area (Å²) in [5.41, 5.74) is 1.30.